The van der Waals surface area contributed by atoms with Crippen molar-refractivity contribution in [3.8, 4) is 0 Å². The largest absolute Gasteiger partial charge is 1.00 e. The molecule has 0 spiro atoms. The Morgan fingerprint density at radius 1 is 0.848 bits per heavy atom. The Hall–Kier alpha value is -3.37. The monoisotopic (exact) mass is 731 g/mol. The van der Waals surface area contributed by atoms with Crippen LogP contribution in [0.3, 0.4) is 0 Å². The molecule has 0 heterocycles. The molecule has 12 heteroatoms. The Balaban J connectivity index is 0.00000736. The van der Waals surface area contributed by atoms with Crippen molar-refractivity contribution >= 4 is 63.6 Å². The summed E-state index contributed by atoms with van der Waals surface area (Å²) in [5, 5.41) is 11.3. The number of nitrogens with one attached hydrogen (secondary N) is 2. The zero-order chi connectivity index (χ0) is 32.5. The van der Waals surface area contributed by atoms with Crippen LogP contribution in [-0.2, 0) is 28.7 Å². The molecule has 2 atom stereocenters. The van der Waals surface area contributed by atoms with Gasteiger partial charge in [-0.25, -0.2) is 11.4 Å². The Labute approximate surface area is 286 Å². The van der Waals surface area contributed by atoms with E-state index in [1.807, 2.05) is 18.2 Å². The Morgan fingerprint density at radius 2 is 1.37 bits per heavy atom. The first-order chi connectivity index (χ1) is 21.8. The molecule has 4 N–H and O–H groups in total. The minimum absolute atomic E-state index is 0. The predicted molar refractivity (Wildman–Crippen MR) is 185 cm³/mol. The first-order valence-corrected chi connectivity index (χ1v) is 17.9. The van der Waals surface area contributed by atoms with Gasteiger partial charge in [-0.15, -0.1) is 0 Å². The zero-order valence-corrected chi connectivity index (χ0v) is 29.5. The van der Waals surface area contributed by atoms with Crippen LogP contribution in [0.5, 0.6) is 0 Å². The van der Waals surface area contributed by atoms with E-state index in [9.17, 15) is 19.2 Å². The van der Waals surface area contributed by atoms with Crippen molar-refractivity contribution in [3.05, 3.63) is 91.0 Å². The summed E-state index contributed by atoms with van der Waals surface area (Å²) in [5.74, 6) is -1.80. The van der Waals surface area contributed by atoms with Crippen molar-refractivity contribution in [1.29, 1.82) is 0 Å². The van der Waals surface area contributed by atoms with Gasteiger partial charge in [0.2, 0.25) is 11.8 Å². The highest BCUT2D eigenvalue weighted by molar-refractivity contribution is 7.97. The van der Waals surface area contributed by atoms with E-state index in [2.05, 4.69) is 98.3 Å². The summed E-state index contributed by atoms with van der Waals surface area (Å²) < 4.78 is 9.21. The summed E-state index contributed by atoms with van der Waals surface area (Å²) in [7, 11) is 0.527. The maximum absolute atomic E-state index is 12.9. The van der Waals surface area contributed by atoms with Crippen LogP contribution in [0.4, 0.5) is 0 Å². The highest BCUT2D eigenvalue weighted by Crippen LogP contribution is 2.55. The van der Waals surface area contributed by atoms with Crippen LogP contribution in [0.1, 0.15) is 25.7 Å². The second-order valence-corrected chi connectivity index (χ2v) is 15.0. The van der Waals surface area contributed by atoms with Gasteiger partial charge in [-0.2, -0.15) is 0 Å². The summed E-state index contributed by atoms with van der Waals surface area (Å²) in [5.41, 5.74) is 5.74. The first kappa shape index (κ1) is 38.8. The summed E-state index contributed by atoms with van der Waals surface area (Å²) in [6.45, 7) is -0.306. The number of hydrogen-bond acceptors (Lipinski definition) is 7. The number of amides is 2. The molecular formula is C34H43BrN3O6PS. The van der Waals surface area contributed by atoms with Crippen molar-refractivity contribution in [2.24, 2.45) is 5.73 Å². The number of carbonyl (C=O) groups excluding carboxylic acids is 4. The second kappa shape index (κ2) is 20.7. The lowest BCUT2D eigenvalue weighted by atomic mass is 10.1. The summed E-state index contributed by atoms with van der Waals surface area (Å²) in [4.78, 5) is 48.6. The van der Waals surface area contributed by atoms with E-state index in [0.717, 1.165) is 30.4 Å². The van der Waals surface area contributed by atoms with E-state index in [1.165, 1.54) is 30.1 Å². The smallest absolute Gasteiger partial charge is 0.325 e. The van der Waals surface area contributed by atoms with Gasteiger partial charge in [0, 0.05) is 12.2 Å². The van der Waals surface area contributed by atoms with Gasteiger partial charge in [0.25, 0.3) is 0 Å². The third-order valence-electron chi connectivity index (χ3n) is 7.31. The molecule has 0 aliphatic carbocycles. The Morgan fingerprint density at radius 3 is 1.85 bits per heavy atom. The molecule has 0 radical (unpaired) electrons. The minimum atomic E-state index is -1.93. The topological polar surface area (TPSA) is 137 Å². The number of rotatable bonds is 17. The SMILES string of the molecule is COC(=O)CNC(=O)[C@H](C[SH]=CCCC[P+](c1ccccc1)(c1ccccc1)c1ccccc1)NC(=O)CC[C@H](N)C(=O)OC.[Br-]. The third kappa shape index (κ3) is 11.5. The molecule has 3 rings (SSSR count). The molecule has 0 saturated carbocycles. The minimum Gasteiger partial charge on any atom is -1.00 e. The lowest BCUT2D eigenvalue weighted by Gasteiger charge is -2.27. The van der Waals surface area contributed by atoms with Gasteiger partial charge < -0.3 is 42.8 Å². The highest BCUT2D eigenvalue weighted by Gasteiger charge is 2.44. The average molecular weight is 733 g/mol. The fraction of sp³-hybridized carbons (Fsp3) is 0.324. The standard InChI is InChI=1S/C34H42N3O6PS.BrH/c1-42-32(39)24-36-33(40)30(37-31(38)21-20-29(35)34(41)43-2)25-45-23-13-12-22-44(26-14-6-3-7-15-26,27-16-8-4-9-17-27)28-18-10-5-11-19-28;/h3-11,14-19,23,29-30,45H,12-13,20-22,24-25,35H2,1-2H3,(H-,36,37,38,40);1H/t29-,30-;/m0./s1. The average Bonchev–Trinajstić information content (AvgIpc) is 3.09. The van der Waals surface area contributed by atoms with Crippen molar-refractivity contribution in [2.45, 2.75) is 37.8 Å². The van der Waals surface area contributed by atoms with Crippen LogP contribution in [0.25, 0.3) is 0 Å². The van der Waals surface area contributed by atoms with E-state index in [-0.39, 0.29) is 36.4 Å². The molecule has 0 aliphatic rings. The van der Waals surface area contributed by atoms with Gasteiger partial charge in [-0.05, 0) is 55.7 Å². The molecule has 0 aliphatic heterocycles. The van der Waals surface area contributed by atoms with Crippen molar-refractivity contribution < 1.29 is 45.6 Å². The van der Waals surface area contributed by atoms with E-state index in [4.69, 9.17) is 5.73 Å². The molecule has 2 amide bonds. The number of thiol groups is 1. The number of hydrogen-bond donors (Lipinski definition) is 4. The van der Waals surface area contributed by atoms with E-state index < -0.39 is 43.1 Å². The molecule has 0 saturated heterocycles. The number of ether oxygens (including phenoxy) is 2. The molecule has 9 nitrogen and oxygen atoms in total. The fourth-order valence-corrected chi connectivity index (χ4v) is 10.3. The number of halogens is 1. The lowest BCUT2D eigenvalue weighted by molar-refractivity contribution is -0.142. The number of carbonyl (C=O) groups is 4. The molecule has 0 unspecified atom stereocenters. The normalized spacial score (nSPS) is 12.5. The molecule has 46 heavy (non-hydrogen) atoms. The third-order valence-corrected chi connectivity index (χ3v) is 12.9. The van der Waals surface area contributed by atoms with Gasteiger partial charge in [-0.1, -0.05) is 60.0 Å². The molecule has 0 aromatic heterocycles. The summed E-state index contributed by atoms with van der Waals surface area (Å²) in [6, 6.07) is 30.3. The summed E-state index contributed by atoms with van der Waals surface area (Å²) in [6.07, 6.45) is 2.73. The predicted octanol–water partition coefficient (Wildman–Crippen LogP) is -0.913. The van der Waals surface area contributed by atoms with Gasteiger partial charge >= 0.3 is 11.9 Å². The van der Waals surface area contributed by atoms with Crippen LogP contribution in [-0.4, -0.2) is 73.9 Å². The molecule has 3 aromatic rings. The van der Waals surface area contributed by atoms with Crippen LogP contribution < -0.4 is 49.3 Å². The van der Waals surface area contributed by atoms with E-state index >= 15 is 0 Å². The van der Waals surface area contributed by atoms with Crippen LogP contribution in [0.2, 0.25) is 0 Å². The number of unbranched alkanes of at least 4 members (excludes halogenated alkanes) is 1. The van der Waals surface area contributed by atoms with Crippen molar-refractivity contribution in [3.63, 3.8) is 0 Å². The van der Waals surface area contributed by atoms with Gasteiger partial charge in [0.05, 0.1) is 20.4 Å². The van der Waals surface area contributed by atoms with Crippen LogP contribution in [0.15, 0.2) is 91.0 Å². The molecule has 248 valence electrons. The van der Waals surface area contributed by atoms with Gasteiger partial charge in [0.1, 0.15) is 41.8 Å². The van der Waals surface area contributed by atoms with E-state index in [1.54, 1.807) is 0 Å². The number of nitrogens with two attached hydrogens (primary N) is 1. The quantitative estimate of drug-likeness (QED) is 0.0464. The van der Waals surface area contributed by atoms with Gasteiger partial charge in [-0.3, -0.25) is 19.2 Å². The Bertz CT molecular complexity index is 1320. The molecule has 0 fully saturated rings. The maximum atomic E-state index is 12.9. The summed E-state index contributed by atoms with van der Waals surface area (Å²) >= 11 is 0.863. The van der Waals surface area contributed by atoms with Crippen LogP contribution in [0, 0.1) is 0 Å². The van der Waals surface area contributed by atoms with Crippen LogP contribution >= 0.6 is 18.6 Å². The first-order valence-electron chi connectivity index (χ1n) is 14.8. The molecular weight excluding hydrogens is 689 g/mol. The number of methoxy groups -OCH3 is 2. The fourth-order valence-electron chi connectivity index (χ4n) is 4.94. The van der Waals surface area contributed by atoms with E-state index in [0.29, 0.717) is 5.75 Å². The molecule has 3 aromatic carbocycles. The highest BCUT2D eigenvalue weighted by atomic mass is 79.9. The zero-order valence-electron chi connectivity index (χ0n) is 26.1. The second-order valence-electron chi connectivity index (χ2n) is 10.3. The Kier molecular flexibility index (Phi) is 17.5. The van der Waals surface area contributed by atoms with Crippen molar-refractivity contribution in [1.82, 2.24) is 10.6 Å². The van der Waals surface area contributed by atoms with Crippen molar-refractivity contribution in [2.75, 3.05) is 32.7 Å². The van der Waals surface area contributed by atoms with Gasteiger partial charge in [0.15, 0.2) is 0 Å². The maximum Gasteiger partial charge on any atom is 0.325 e. The number of benzene rings is 3. The lowest BCUT2D eigenvalue weighted by Crippen LogP contribution is -3.00. The number of esters is 2. The molecule has 0 bridgehead atoms.